The van der Waals surface area contributed by atoms with Crippen LogP contribution < -0.4 is 4.74 Å². The molecule has 7 heteroatoms. The lowest BCUT2D eigenvalue weighted by Gasteiger charge is -2.31. The van der Waals surface area contributed by atoms with Gasteiger partial charge < -0.3 is 14.2 Å². The van der Waals surface area contributed by atoms with E-state index in [-0.39, 0.29) is 17.7 Å². The summed E-state index contributed by atoms with van der Waals surface area (Å²) in [5, 5.41) is 4.07. The molecule has 4 rings (SSSR count). The Kier molecular flexibility index (Phi) is 4.85. The van der Waals surface area contributed by atoms with Gasteiger partial charge in [0.15, 0.2) is 5.82 Å². The zero-order valence-electron chi connectivity index (χ0n) is 16.2. The second-order valence-corrected chi connectivity index (χ2v) is 7.74. The van der Waals surface area contributed by atoms with Gasteiger partial charge in [0.05, 0.1) is 13.0 Å². The Hall–Kier alpha value is -2.44. The first-order valence-electron chi connectivity index (χ1n) is 9.76. The number of amides is 1. The van der Waals surface area contributed by atoms with Crippen molar-refractivity contribution in [2.24, 2.45) is 0 Å². The highest BCUT2D eigenvalue weighted by Crippen LogP contribution is 2.31. The van der Waals surface area contributed by atoms with E-state index < -0.39 is 0 Å². The van der Waals surface area contributed by atoms with Gasteiger partial charge in [-0.3, -0.25) is 4.79 Å². The first-order valence-corrected chi connectivity index (χ1v) is 9.76. The van der Waals surface area contributed by atoms with E-state index in [2.05, 4.69) is 15.1 Å². The van der Waals surface area contributed by atoms with Gasteiger partial charge in [-0.05, 0) is 43.7 Å². The number of carbonyl (C=O) groups is 1. The molecular weight excluding hydrogens is 344 g/mol. The molecule has 1 unspecified atom stereocenters. The van der Waals surface area contributed by atoms with Crippen molar-refractivity contribution in [2.45, 2.75) is 57.8 Å². The van der Waals surface area contributed by atoms with Crippen LogP contribution in [0.3, 0.4) is 0 Å². The first kappa shape index (κ1) is 17.9. The molecule has 0 aromatic carbocycles. The van der Waals surface area contributed by atoms with Gasteiger partial charge in [0, 0.05) is 24.7 Å². The van der Waals surface area contributed by atoms with Crippen molar-refractivity contribution < 1.29 is 14.1 Å². The van der Waals surface area contributed by atoms with Crippen molar-refractivity contribution in [3.63, 3.8) is 0 Å². The maximum atomic E-state index is 13.2. The molecule has 2 aromatic rings. The lowest BCUT2D eigenvalue weighted by molar-refractivity contribution is 0.0691. The maximum absolute atomic E-state index is 13.2. The van der Waals surface area contributed by atoms with Crippen LogP contribution in [0.15, 0.2) is 10.6 Å². The van der Waals surface area contributed by atoms with Crippen LogP contribution >= 0.6 is 0 Å². The Morgan fingerprint density at radius 1 is 1.30 bits per heavy atom. The van der Waals surface area contributed by atoms with Gasteiger partial charge in [0.1, 0.15) is 5.56 Å². The van der Waals surface area contributed by atoms with Crippen molar-refractivity contribution in [3.8, 4) is 5.88 Å². The van der Waals surface area contributed by atoms with Crippen LogP contribution in [-0.2, 0) is 12.8 Å². The first-order chi connectivity index (χ1) is 13.1. The number of nitrogens with zero attached hydrogens (tertiary/aromatic N) is 4. The average molecular weight is 370 g/mol. The molecule has 0 N–H and O–H groups in total. The van der Waals surface area contributed by atoms with Crippen molar-refractivity contribution in [3.05, 3.63) is 34.6 Å². The quantitative estimate of drug-likeness (QED) is 0.822. The number of ether oxygens (including phenoxy) is 1. The van der Waals surface area contributed by atoms with Gasteiger partial charge in [-0.1, -0.05) is 19.0 Å². The van der Waals surface area contributed by atoms with E-state index in [9.17, 15) is 4.79 Å². The van der Waals surface area contributed by atoms with Crippen LogP contribution in [0.1, 0.15) is 78.3 Å². The highest BCUT2D eigenvalue weighted by molar-refractivity contribution is 5.96. The number of pyridine rings is 1. The summed E-state index contributed by atoms with van der Waals surface area (Å²) in [4.78, 5) is 24.2. The Labute approximate surface area is 159 Å². The number of carbonyl (C=O) groups excluding carboxylic acids is 1. The van der Waals surface area contributed by atoms with E-state index in [1.807, 2.05) is 24.8 Å². The number of aromatic nitrogens is 3. The number of methoxy groups -OCH3 is 1. The van der Waals surface area contributed by atoms with Crippen LogP contribution in [0.2, 0.25) is 0 Å². The van der Waals surface area contributed by atoms with Crippen LogP contribution in [0.5, 0.6) is 5.88 Å². The van der Waals surface area contributed by atoms with Gasteiger partial charge in [-0.15, -0.1) is 0 Å². The molecule has 1 atom stereocenters. The average Bonchev–Trinajstić information content (AvgIpc) is 3.35. The van der Waals surface area contributed by atoms with Crippen LogP contribution in [0.25, 0.3) is 0 Å². The van der Waals surface area contributed by atoms with Crippen molar-refractivity contribution in [1.29, 1.82) is 0 Å². The highest BCUT2D eigenvalue weighted by atomic mass is 16.5. The van der Waals surface area contributed by atoms with Crippen LogP contribution in [0, 0.1) is 0 Å². The minimum atomic E-state index is -0.0256. The Morgan fingerprint density at radius 2 is 2.15 bits per heavy atom. The number of aryl methyl sites for hydroxylation is 2. The Balaban J connectivity index is 1.55. The molecule has 2 aromatic heterocycles. The summed E-state index contributed by atoms with van der Waals surface area (Å²) in [6, 6.07) is 1.98. The van der Waals surface area contributed by atoms with Crippen LogP contribution in [-0.4, -0.2) is 46.1 Å². The highest BCUT2D eigenvalue weighted by Gasteiger charge is 2.31. The molecule has 1 amide bonds. The standard InChI is InChI=1S/C20H26N4O3/c1-12(2)17-22-18(27-23-17)14-7-5-9-24(11-14)20(25)15-10-13-6-4-8-16(13)21-19(15)26-3/h10,12,14H,4-9,11H2,1-3H3. The van der Waals surface area contributed by atoms with E-state index in [1.165, 1.54) is 5.56 Å². The molecule has 1 aliphatic heterocycles. The van der Waals surface area contributed by atoms with Crippen molar-refractivity contribution in [2.75, 3.05) is 20.2 Å². The Morgan fingerprint density at radius 3 is 2.89 bits per heavy atom. The van der Waals surface area contributed by atoms with Gasteiger partial charge in [-0.25, -0.2) is 4.98 Å². The zero-order chi connectivity index (χ0) is 19.0. The molecule has 0 spiro atoms. The molecule has 2 aliphatic rings. The summed E-state index contributed by atoms with van der Waals surface area (Å²) in [6.45, 7) is 5.39. The minimum Gasteiger partial charge on any atom is -0.480 e. The smallest absolute Gasteiger partial charge is 0.259 e. The number of hydrogen-bond acceptors (Lipinski definition) is 6. The minimum absolute atomic E-state index is 0.0256. The predicted molar refractivity (Wildman–Crippen MR) is 99.1 cm³/mol. The Bertz CT molecular complexity index is 846. The number of piperidine rings is 1. The molecule has 1 saturated heterocycles. The number of rotatable bonds is 4. The summed E-state index contributed by atoms with van der Waals surface area (Å²) in [7, 11) is 1.57. The monoisotopic (exact) mass is 370 g/mol. The molecule has 27 heavy (non-hydrogen) atoms. The normalized spacial score (nSPS) is 19.4. The maximum Gasteiger partial charge on any atom is 0.259 e. The molecule has 144 valence electrons. The van der Waals surface area contributed by atoms with Gasteiger partial charge in [0.25, 0.3) is 5.91 Å². The summed E-state index contributed by atoms with van der Waals surface area (Å²) in [6.07, 6.45) is 4.89. The third kappa shape index (κ3) is 3.42. The van der Waals surface area contributed by atoms with E-state index in [4.69, 9.17) is 9.26 Å². The summed E-state index contributed by atoms with van der Waals surface area (Å²) < 4.78 is 10.9. The lowest BCUT2D eigenvalue weighted by atomic mass is 9.97. The SMILES string of the molecule is COc1nc2c(cc1C(=O)N1CCCC(c3nc(C(C)C)no3)C1)CCC2. The third-order valence-electron chi connectivity index (χ3n) is 5.47. The van der Waals surface area contributed by atoms with Crippen molar-refractivity contribution in [1.82, 2.24) is 20.0 Å². The summed E-state index contributed by atoms with van der Waals surface area (Å²) >= 11 is 0. The molecule has 0 saturated carbocycles. The fraction of sp³-hybridized carbons (Fsp3) is 0.600. The number of hydrogen-bond donors (Lipinski definition) is 0. The van der Waals surface area contributed by atoms with Gasteiger partial charge >= 0.3 is 0 Å². The zero-order valence-corrected chi connectivity index (χ0v) is 16.2. The summed E-state index contributed by atoms with van der Waals surface area (Å²) in [5.41, 5.74) is 2.80. The molecular formula is C20H26N4O3. The van der Waals surface area contributed by atoms with Gasteiger partial charge in [-0.2, -0.15) is 4.98 Å². The molecule has 1 aliphatic carbocycles. The molecule has 1 fully saturated rings. The van der Waals surface area contributed by atoms with E-state index in [0.717, 1.165) is 50.2 Å². The van der Waals surface area contributed by atoms with E-state index in [0.29, 0.717) is 23.9 Å². The van der Waals surface area contributed by atoms with Crippen molar-refractivity contribution >= 4 is 5.91 Å². The summed E-state index contributed by atoms with van der Waals surface area (Å²) in [5.74, 6) is 2.07. The second kappa shape index (κ2) is 7.29. The largest absolute Gasteiger partial charge is 0.480 e. The van der Waals surface area contributed by atoms with E-state index >= 15 is 0 Å². The van der Waals surface area contributed by atoms with Crippen LogP contribution in [0.4, 0.5) is 0 Å². The number of likely N-dealkylation sites (tertiary alicyclic amines) is 1. The predicted octanol–water partition coefficient (Wildman–Crippen LogP) is 3.11. The second-order valence-electron chi connectivity index (χ2n) is 7.74. The fourth-order valence-electron chi connectivity index (χ4n) is 3.94. The molecule has 7 nitrogen and oxygen atoms in total. The molecule has 3 heterocycles. The van der Waals surface area contributed by atoms with Gasteiger partial charge in [0.2, 0.25) is 11.8 Å². The molecule has 0 bridgehead atoms. The fourth-order valence-corrected chi connectivity index (χ4v) is 3.94. The topological polar surface area (TPSA) is 81.4 Å². The molecule has 0 radical (unpaired) electrons. The van der Waals surface area contributed by atoms with E-state index in [1.54, 1.807) is 7.11 Å². The third-order valence-corrected chi connectivity index (χ3v) is 5.47. The lowest BCUT2D eigenvalue weighted by Crippen LogP contribution is -2.39. The number of fused-ring (bicyclic) bond motifs is 1.